The van der Waals surface area contributed by atoms with Gasteiger partial charge in [0.15, 0.2) is 5.65 Å². The number of aliphatic hydroxyl groups excluding tert-OH is 1. The zero-order valence-electron chi connectivity index (χ0n) is 17.3. The molecule has 32 heavy (non-hydrogen) atoms. The van der Waals surface area contributed by atoms with Crippen molar-refractivity contribution in [1.82, 2.24) is 24.4 Å². The topological polar surface area (TPSA) is 107 Å². The zero-order chi connectivity index (χ0) is 22.2. The highest BCUT2D eigenvalue weighted by atomic mass is 35.5. The molecule has 2 N–H and O–H groups in total. The molecule has 1 amide bonds. The molecule has 0 spiro atoms. The van der Waals surface area contributed by atoms with Gasteiger partial charge in [-0.15, -0.1) is 0 Å². The van der Waals surface area contributed by atoms with E-state index in [1.165, 1.54) is 10.7 Å². The number of methoxy groups -OCH3 is 1. The minimum absolute atomic E-state index is 0.297. The Balaban J connectivity index is 1.53. The Kier molecular flexibility index (Phi) is 5.28. The molecule has 1 atom stereocenters. The lowest BCUT2D eigenvalue weighted by atomic mass is 10.1. The lowest BCUT2D eigenvalue weighted by molar-refractivity contribution is 0.102. The summed E-state index contributed by atoms with van der Waals surface area (Å²) in [7, 11) is 1.56. The number of carbonyl (C=O) groups excluding carboxylic acids is 1. The van der Waals surface area contributed by atoms with Crippen molar-refractivity contribution in [2.75, 3.05) is 12.4 Å². The van der Waals surface area contributed by atoms with Gasteiger partial charge in [0.2, 0.25) is 0 Å². The summed E-state index contributed by atoms with van der Waals surface area (Å²) in [4.78, 5) is 17.3. The van der Waals surface area contributed by atoms with Crippen LogP contribution in [0.15, 0.2) is 49.1 Å². The molecule has 3 aromatic heterocycles. The molecular weight excluding hydrogens is 432 g/mol. The van der Waals surface area contributed by atoms with E-state index in [4.69, 9.17) is 16.3 Å². The Hall–Kier alpha value is -3.43. The predicted octanol–water partition coefficient (Wildman–Crippen LogP) is 3.28. The molecule has 5 rings (SSSR count). The minimum atomic E-state index is -0.489. The number of benzene rings is 1. The largest absolute Gasteiger partial charge is 0.496 e. The van der Waals surface area contributed by atoms with Crippen molar-refractivity contribution in [3.63, 3.8) is 0 Å². The summed E-state index contributed by atoms with van der Waals surface area (Å²) in [5.41, 5.74) is 2.37. The van der Waals surface area contributed by atoms with Crippen LogP contribution in [0.3, 0.4) is 0 Å². The fraction of sp³-hybridized carbons (Fsp3) is 0.273. The average Bonchev–Trinajstić information content (AvgIpc) is 3.44. The third kappa shape index (κ3) is 3.92. The van der Waals surface area contributed by atoms with Gasteiger partial charge in [0.05, 0.1) is 31.6 Å². The number of hydrogen-bond donors (Lipinski definition) is 2. The maximum Gasteiger partial charge on any atom is 0.261 e. The number of anilines is 1. The van der Waals surface area contributed by atoms with Crippen molar-refractivity contribution in [3.8, 4) is 17.0 Å². The van der Waals surface area contributed by atoms with Gasteiger partial charge < -0.3 is 15.2 Å². The lowest BCUT2D eigenvalue weighted by Gasteiger charge is -2.10. The highest BCUT2D eigenvalue weighted by Crippen LogP contribution is 2.37. The maximum absolute atomic E-state index is 13.1. The lowest BCUT2D eigenvalue weighted by Crippen LogP contribution is -2.18. The molecule has 1 aliphatic rings. The first-order valence-electron chi connectivity index (χ1n) is 10.2. The standard InChI is InChI=1S/C22H21ClN6O3/c1-32-19-6-5-14(23)9-15(19)20-17(11-28(27-20)12-18(30)13-3-4-13)26-22(31)16-10-25-29-8-2-7-24-21(16)29/h2,5-11,13,18,30H,3-4,12H2,1H3,(H,26,31)/t18-/m0/s1. The molecule has 1 aliphatic carbocycles. The molecular formula is C22H21ClN6O3. The molecule has 4 aromatic rings. The number of fused-ring (bicyclic) bond motifs is 1. The molecule has 0 unspecified atom stereocenters. The van der Waals surface area contributed by atoms with E-state index in [1.54, 1.807) is 54.6 Å². The van der Waals surface area contributed by atoms with E-state index in [1.807, 2.05) is 0 Å². The van der Waals surface area contributed by atoms with Crippen molar-refractivity contribution in [2.45, 2.75) is 25.5 Å². The normalized spacial score (nSPS) is 14.5. The highest BCUT2D eigenvalue weighted by Gasteiger charge is 2.30. The number of carbonyl (C=O) groups is 1. The molecule has 0 aliphatic heterocycles. The number of hydrogen-bond acceptors (Lipinski definition) is 6. The summed E-state index contributed by atoms with van der Waals surface area (Å²) in [5.74, 6) is 0.491. The van der Waals surface area contributed by atoms with Gasteiger partial charge in [-0.1, -0.05) is 11.6 Å². The van der Waals surface area contributed by atoms with Crippen molar-refractivity contribution in [1.29, 1.82) is 0 Å². The second kappa shape index (κ2) is 8.25. The second-order valence-corrected chi connectivity index (χ2v) is 8.20. The van der Waals surface area contributed by atoms with Crippen LogP contribution < -0.4 is 10.1 Å². The average molecular weight is 453 g/mol. The highest BCUT2D eigenvalue weighted by molar-refractivity contribution is 6.31. The third-order valence-electron chi connectivity index (χ3n) is 5.49. The van der Waals surface area contributed by atoms with E-state index in [-0.39, 0.29) is 5.91 Å². The van der Waals surface area contributed by atoms with Gasteiger partial charge in [-0.2, -0.15) is 10.2 Å². The first kappa shape index (κ1) is 20.5. The van der Waals surface area contributed by atoms with Crippen LogP contribution in [-0.2, 0) is 6.54 Å². The van der Waals surface area contributed by atoms with Crippen LogP contribution in [0.25, 0.3) is 16.9 Å². The number of nitrogens with zero attached hydrogens (tertiary/aromatic N) is 5. The third-order valence-corrected chi connectivity index (χ3v) is 5.73. The summed E-state index contributed by atoms with van der Waals surface area (Å²) in [5, 5.41) is 22.6. The number of ether oxygens (including phenoxy) is 1. The van der Waals surface area contributed by atoms with Gasteiger partial charge in [0.25, 0.3) is 5.91 Å². The van der Waals surface area contributed by atoms with Crippen LogP contribution in [0.2, 0.25) is 5.02 Å². The number of nitrogens with one attached hydrogen (secondary N) is 1. The molecule has 9 nitrogen and oxygen atoms in total. The molecule has 3 heterocycles. The van der Waals surface area contributed by atoms with E-state index in [0.717, 1.165) is 12.8 Å². The quantitative estimate of drug-likeness (QED) is 0.445. The predicted molar refractivity (Wildman–Crippen MR) is 119 cm³/mol. The Morgan fingerprint density at radius 2 is 2.25 bits per heavy atom. The van der Waals surface area contributed by atoms with Crippen molar-refractivity contribution < 1.29 is 14.6 Å². The number of aromatic nitrogens is 5. The summed E-state index contributed by atoms with van der Waals surface area (Å²) < 4.78 is 8.66. The van der Waals surface area contributed by atoms with Crippen molar-refractivity contribution in [3.05, 3.63) is 59.6 Å². The van der Waals surface area contributed by atoms with Gasteiger partial charge in [-0.3, -0.25) is 9.48 Å². The van der Waals surface area contributed by atoms with E-state index >= 15 is 0 Å². The van der Waals surface area contributed by atoms with Gasteiger partial charge >= 0.3 is 0 Å². The SMILES string of the molecule is COc1ccc(Cl)cc1-c1nn(C[C@H](O)C2CC2)cc1NC(=O)c1cnn2cccnc12. The van der Waals surface area contributed by atoms with Crippen LogP contribution in [0.4, 0.5) is 5.69 Å². The van der Waals surface area contributed by atoms with Gasteiger partial charge in [-0.25, -0.2) is 9.50 Å². The summed E-state index contributed by atoms with van der Waals surface area (Å²) in [6, 6.07) is 6.94. The summed E-state index contributed by atoms with van der Waals surface area (Å²) >= 11 is 6.23. The smallest absolute Gasteiger partial charge is 0.261 e. The van der Waals surface area contributed by atoms with E-state index in [2.05, 4.69) is 20.5 Å². The molecule has 0 bridgehead atoms. The van der Waals surface area contributed by atoms with Crippen LogP contribution in [0.1, 0.15) is 23.2 Å². The van der Waals surface area contributed by atoms with Gasteiger partial charge in [0.1, 0.15) is 17.0 Å². The number of halogens is 1. The first-order valence-corrected chi connectivity index (χ1v) is 10.6. The van der Waals surface area contributed by atoms with Crippen LogP contribution in [0, 0.1) is 5.92 Å². The minimum Gasteiger partial charge on any atom is -0.496 e. The number of aliphatic hydroxyl groups is 1. The summed E-state index contributed by atoms with van der Waals surface area (Å²) in [6.07, 6.45) is 8.05. The molecule has 1 saturated carbocycles. The van der Waals surface area contributed by atoms with Gasteiger partial charge in [0, 0.05) is 29.2 Å². The summed E-state index contributed by atoms with van der Waals surface area (Å²) in [6.45, 7) is 0.328. The fourth-order valence-electron chi connectivity index (χ4n) is 3.67. The van der Waals surface area contributed by atoms with Crippen molar-refractivity contribution in [2.24, 2.45) is 5.92 Å². The fourth-order valence-corrected chi connectivity index (χ4v) is 3.84. The Labute approximate surface area is 188 Å². The van der Waals surface area contributed by atoms with E-state index in [9.17, 15) is 9.90 Å². The van der Waals surface area contributed by atoms with Crippen molar-refractivity contribution >= 4 is 28.8 Å². The van der Waals surface area contributed by atoms with Crippen LogP contribution in [-0.4, -0.2) is 48.6 Å². The Morgan fingerprint density at radius 1 is 1.41 bits per heavy atom. The molecule has 1 fully saturated rings. The maximum atomic E-state index is 13.1. The monoisotopic (exact) mass is 452 g/mol. The number of amides is 1. The van der Waals surface area contributed by atoms with E-state index < -0.39 is 6.10 Å². The van der Waals surface area contributed by atoms with Gasteiger partial charge in [-0.05, 0) is 43.0 Å². The molecule has 164 valence electrons. The van der Waals surface area contributed by atoms with E-state index in [0.29, 0.717) is 51.4 Å². The van der Waals surface area contributed by atoms with Crippen LogP contribution in [0.5, 0.6) is 5.75 Å². The Morgan fingerprint density at radius 3 is 3.03 bits per heavy atom. The Bertz CT molecular complexity index is 1300. The second-order valence-electron chi connectivity index (χ2n) is 7.76. The molecule has 1 aromatic carbocycles. The zero-order valence-corrected chi connectivity index (χ0v) is 18.0. The van der Waals surface area contributed by atoms with Crippen LogP contribution >= 0.6 is 11.6 Å². The molecule has 0 saturated heterocycles. The first-order chi connectivity index (χ1) is 15.5. The molecule has 10 heteroatoms. The molecule has 0 radical (unpaired) electrons. The number of rotatable bonds is 7.